The number of carbonyl (C=O) groups is 1. The van der Waals surface area contributed by atoms with E-state index in [4.69, 9.17) is 4.74 Å². The summed E-state index contributed by atoms with van der Waals surface area (Å²) in [5.41, 5.74) is 2.91. The number of rotatable bonds is 6. The predicted molar refractivity (Wildman–Crippen MR) is 95.2 cm³/mol. The molecule has 0 bridgehead atoms. The van der Waals surface area contributed by atoms with Crippen molar-refractivity contribution in [2.45, 2.75) is 39.8 Å². The van der Waals surface area contributed by atoms with E-state index in [0.29, 0.717) is 5.13 Å². The van der Waals surface area contributed by atoms with E-state index in [9.17, 15) is 4.79 Å². The van der Waals surface area contributed by atoms with Crippen molar-refractivity contribution in [3.63, 3.8) is 0 Å². The molecule has 0 aliphatic heterocycles. The maximum atomic E-state index is 12.3. The summed E-state index contributed by atoms with van der Waals surface area (Å²) >= 11 is 1.49. The van der Waals surface area contributed by atoms with Crippen LogP contribution in [-0.4, -0.2) is 24.0 Å². The summed E-state index contributed by atoms with van der Waals surface area (Å²) < 4.78 is 5.32. The zero-order valence-corrected chi connectivity index (χ0v) is 15.0. The van der Waals surface area contributed by atoms with E-state index in [-0.39, 0.29) is 18.1 Å². The van der Waals surface area contributed by atoms with Crippen LogP contribution in [0.15, 0.2) is 24.3 Å². The molecule has 1 heterocycles. The highest BCUT2D eigenvalue weighted by Crippen LogP contribution is 2.22. The molecular weight excluding hydrogens is 310 g/mol. The molecule has 0 aliphatic rings. The summed E-state index contributed by atoms with van der Waals surface area (Å²) in [5, 5.41) is 6.70. The molecule has 2 atom stereocenters. The van der Waals surface area contributed by atoms with Crippen molar-refractivity contribution >= 4 is 28.1 Å². The molecule has 1 amide bonds. The van der Waals surface area contributed by atoms with Crippen molar-refractivity contribution in [2.75, 3.05) is 17.7 Å². The molecule has 0 saturated heterocycles. The van der Waals surface area contributed by atoms with Crippen LogP contribution < -0.4 is 10.6 Å². The van der Waals surface area contributed by atoms with E-state index >= 15 is 0 Å². The first-order valence-corrected chi connectivity index (χ1v) is 8.36. The number of carbonyl (C=O) groups excluding carboxylic acids is 1. The van der Waals surface area contributed by atoms with Gasteiger partial charge in [-0.1, -0.05) is 12.1 Å². The second-order valence-corrected chi connectivity index (χ2v) is 6.72. The quantitative estimate of drug-likeness (QED) is 0.841. The first-order chi connectivity index (χ1) is 10.9. The van der Waals surface area contributed by atoms with Crippen molar-refractivity contribution < 1.29 is 9.53 Å². The van der Waals surface area contributed by atoms with Gasteiger partial charge < -0.3 is 15.4 Å². The topological polar surface area (TPSA) is 63.2 Å². The fourth-order valence-electron chi connectivity index (χ4n) is 2.07. The normalized spacial score (nSPS) is 13.4. The Morgan fingerprint density at radius 3 is 2.65 bits per heavy atom. The second kappa shape index (κ2) is 7.57. The Morgan fingerprint density at radius 1 is 1.30 bits per heavy atom. The number of aryl methyl sites for hydroxylation is 2. The average Bonchev–Trinajstić information content (AvgIpc) is 2.84. The number of nitrogens with one attached hydrogen (secondary N) is 2. The highest BCUT2D eigenvalue weighted by atomic mass is 32.1. The van der Waals surface area contributed by atoms with Gasteiger partial charge in [-0.2, -0.15) is 0 Å². The number of ether oxygens (including phenoxy) is 1. The standard InChI is InChI=1S/C17H23N3O2S/c1-10-13(4)23-17(19-10)20-16(21)11(2)18-15-8-6-7-14(9-15)12(3)22-5/h6-9,11-12,18H,1-5H3,(H,19,20,21)/t11-,12+/m0/s1. The van der Waals surface area contributed by atoms with Crippen LogP contribution in [0.4, 0.5) is 10.8 Å². The van der Waals surface area contributed by atoms with Crippen LogP contribution in [0.1, 0.15) is 36.1 Å². The number of benzene rings is 1. The van der Waals surface area contributed by atoms with Crippen molar-refractivity contribution in [2.24, 2.45) is 0 Å². The van der Waals surface area contributed by atoms with Crippen LogP contribution in [0.3, 0.4) is 0 Å². The van der Waals surface area contributed by atoms with Gasteiger partial charge in [0.05, 0.1) is 11.8 Å². The lowest BCUT2D eigenvalue weighted by Crippen LogP contribution is -2.31. The van der Waals surface area contributed by atoms with Gasteiger partial charge in [0.25, 0.3) is 0 Å². The Hall–Kier alpha value is -1.92. The van der Waals surface area contributed by atoms with E-state index in [1.807, 2.05) is 52.0 Å². The monoisotopic (exact) mass is 333 g/mol. The van der Waals surface area contributed by atoms with Gasteiger partial charge in [-0.25, -0.2) is 4.98 Å². The van der Waals surface area contributed by atoms with Crippen LogP contribution in [0, 0.1) is 13.8 Å². The lowest BCUT2D eigenvalue weighted by atomic mass is 10.1. The van der Waals surface area contributed by atoms with Crippen LogP contribution in [0.5, 0.6) is 0 Å². The van der Waals surface area contributed by atoms with Gasteiger partial charge in [0, 0.05) is 17.7 Å². The largest absolute Gasteiger partial charge is 0.377 e. The van der Waals surface area contributed by atoms with E-state index in [2.05, 4.69) is 15.6 Å². The van der Waals surface area contributed by atoms with Crippen molar-refractivity contribution in [1.82, 2.24) is 4.98 Å². The second-order valence-electron chi connectivity index (χ2n) is 5.52. The minimum absolute atomic E-state index is 0.0159. The van der Waals surface area contributed by atoms with Gasteiger partial charge in [0.1, 0.15) is 6.04 Å². The number of aromatic nitrogens is 1. The number of nitrogens with zero attached hydrogens (tertiary/aromatic N) is 1. The van der Waals surface area contributed by atoms with Gasteiger partial charge in [-0.05, 0) is 45.4 Å². The highest BCUT2D eigenvalue weighted by molar-refractivity contribution is 7.15. The van der Waals surface area contributed by atoms with Crippen molar-refractivity contribution in [3.8, 4) is 0 Å². The molecule has 0 fully saturated rings. The first-order valence-electron chi connectivity index (χ1n) is 7.55. The molecule has 0 aliphatic carbocycles. The van der Waals surface area contributed by atoms with Gasteiger partial charge in [-0.15, -0.1) is 11.3 Å². The fourth-order valence-corrected chi connectivity index (χ4v) is 2.89. The van der Waals surface area contributed by atoms with Crippen LogP contribution in [-0.2, 0) is 9.53 Å². The maximum Gasteiger partial charge on any atom is 0.248 e. The highest BCUT2D eigenvalue weighted by Gasteiger charge is 2.15. The Morgan fingerprint density at radius 2 is 2.04 bits per heavy atom. The third-order valence-corrected chi connectivity index (χ3v) is 4.73. The smallest absolute Gasteiger partial charge is 0.248 e. The van der Waals surface area contributed by atoms with Gasteiger partial charge in [0.15, 0.2) is 5.13 Å². The molecule has 124 valence electrons. The Kier molecular flexibility index (Phi) is 5.74. The van der Waals surface area contributed by atoms with Crippen LogP contribution in [0.2, 0.25) is 0 Å². The molecule has 23 heavy (non-hydrogen) atoms. The third kappa shape index (κ3) is 4.53. The Balaban J connectivity index is 2.00. The maximum absolute atomic E-state index is 12.3. The summed E-state index contributed by atoms with van der Waals surface area (Å²) in [6.45, 7) is 7.75. The molecule has 0 radical (unpaired) electrons. The summed E-state index contributed by atoms with van der Waals surface area (Å²) in [4.78, 5) is 17.7. The third-order valence-electron chi connectivity index (χ3n) is 3.74. The summed E-state index contributed by atoms with van der Waals surface area (Å²) in [6, 6.07) is 7.52. The number of hydrogen-bond acceptors (Lipinski definition) is 5. The molecule has 6 heteroatoms. The van der Waals surface area contributed by atoms with E-state index < -0.39 is 0 Å². The molecule has 2 aromatic rings. The Labute approximate surface area is 141 Å². The Bertz CT molecular complexity index is 665. The number of methoxy groups -OCH3 is 1. The van der Waals surface area contributed by atoms with Crippen LogP contribution >= 0.6 is 11.3 Å². The van der Waals surface area contributed by atoms with Gasteiger partial charge in [0.2, 0.25) is 5.91 Å². The predicted octanol–water partition coefficient (Wildman–Crippen LogP) is 3.91. The van der Waals surface area contributed by atoms with Gasteiger partial charge >= 0.3 is 0 Å². The van der Waals surface area contributed by atoms with Crippen LogP contribution in [0.25, 0.3) is 0 Å². The molecule has 2 rings (SSSR count). The lowest BCUT2D eigenvalue weighted by Gasteiger charge is -2.16. The first kappa shape index (κ1) is 17.4. The average molecular weight is 333 g/mol. The number of hydrogen-bond donors (Lipinski definition) is 2. The fraction of sp³-hybridized carbons (Fsp3) is 0.412. The molecule has 0 saturated carbocycles. The SMILES string of the molecule is CO[C@H](C)c1cccc(N[C@@H](C)C(=O)Nc2nc(C)c(C)s2)c1. The zero-order chi connectivity index (χ0) is 17.0. The summed E-state index contributed by atoms with van der Waals surface area (Å²) in [7, 11) is 1.68. The lowest BCUT2D eigenvalue weighted by molar-refractivity contribution is -0.116. The summed E-state index contributed by atoms with van der Waals surface area (Å²) in [5.74, 6) is -0.107. The molecule has 0 spiro atoms. The van der Waals surface area contributed by atoms with Gasteiger partial charge in [-0.3, -0.25) is 4.79 Å². The number of amides is 1. The minimum Gasteiger partial charge on any atom is -0.377 e. The van der Waals surface area contributed by atoms with E-state index in [1.165, 1.54) is 11.3 Å². The van der Waals surface area contributed by atoms with E-state index in [0.717, 1.165) is 21.8 Å². The summed E-state index contributed by atoms with van der Waals surface area (Å²) in [6.07, 6.45) is 0.0159. The molecule has 1 aromatic heterocycles. The van der Waals surface area contributed by atoms with Crippen molar-refractivity contribution in [3.05, 3.63) is 40.4 Å². The van der Waals surface area contributed by atoms with E-state index in [1.54, 1.807) is 7.11 Å². The molecule has 1 aromatic carbocycles. The molecular formula is C17H23N3O2S. The number of thiazole rings is 1. The minimum atomic E-state index is -0.368. The molecule has 2 N–H and O–H groups in total. The van der Waals surface area contributed by atoms with Crippen molar-refractivity contribution in [1.29, 1.82) is 0 Å². The molecule has 0 unspecified atom stereocenters. The zero-order valence-electron chi connectivity index (χ0n) is 14.1. The molecule has 5 nitrogen and oxygen atoms in total. The number of anilines is 2.